The molecule has 0 fully saturated rings. The van der Waals surface area contributed by atoms with Gasteiger partial charge in [0.15, 0.2) is 0 Å². The zero-order valence-corrected chi connectivity index (χ0v) is 18.8. The Bertz CT molecular complexity index is 946. The molecule has 1 atom stereocenters. The van der Waals surface area contributed by atoms with Crippen molar-refractivity contribution in [3.63, 3.8) is 0 Å². The Labute approximate surface area is 173 Å². The van der Waals surface area contributed by atoms with Crippen LogP contribution in [-0.4, -0.2) is 39.8 Å². The molecule has 0 radical (unpaired) electrons. The van der Waals surface area contributed by atoms with Gasteiger partial charge in [-0.15, -0.1) is 0 Å². The lowest BCUT2D eigenvalue weighted by Crippen LogP contribution is -2.48. The second-order valence-electron chi connectivity index (χ2n) is 7.54. The Morgan fingerprint density at radius 2 is 1.45 bits per heavy atom. The van der Waals surface area contributed by atoms with E-state index in [1.807, 2.05) is 45.9 Å². The lowest BCUT2D eigenvalue weighted by atomic mass is 10.1. The first-order valence-corrected chi connectivity index (χ1v) is 11.4. The van der Waals surface area contributed by atoms with E-state index >= 15 is 0 Å². The molecule has 0 saturated carbocycles. The van der Waals surface area contributed by atoms with Crippen molar-refractivity contribution in [3.8, 4) is 5.75 Å². The largest absolute Gasteiger partial charge is 0.492 e. The maximum absolute atomic E-state index is 12.6. The summed E-state index contributed by atoms with van der Waals surface area (Å²) in [7, 11) is -3.64. The Morgan fingerprint density at radius 1 is 0.966 bits per heavy atom. The molecule has 0 aliphatic carbocycles. The quantitative estimate of drug-likeness (QED) is 0.668. The summed E-state index contributed by atoms with van der Waals surface area (Å²) >= 11 is 0. The predicted octanol–water partition coefficient (Wildman–Crippen LogP) is 3.27. The summed E-state index contributed by atoms with van der Waals surface area (Å²) in [5, 5.41) is 2.76. The number of carbonyl (C=O) groups excluding carboxylic acids is 1. The van der Waals surface area contributed by atoms with Crippen LogP contribution in [0.25, 0.3) is 0 Å². The highest BCUT2D eigenvalue weighted by molar-refractivity contribution is 7.92. The number of nitrogens with one attached hydrogen (secondary N) is 1. The molecule has 6 nitrogen and oxygen atoms in total. The molecular weight excluding hydrogens is 388 g/mol. The maximum atomic E-state index is 12.6. The highest BCUT2D eigenvalue weighted by atomic mass is 32.2. The molecule has 7 heteroatoms. The van der Waals surface area contributed by atoms with Crippen LogP contribution in [0.5, 0.6) is 5.75 Å². The molecule has 1 unspecified atom stereocenters. The van der Waals surface area contributed by atoms with E-state index in [2.05, 4.69) is 11.4 Å². The molecule has 2 rings (SSSR count). The zero-order chi connectivity index (χ0) is 21.8. The third-order valence-electron chi connectivity index (χ3n) is 4.41. The van der Waals surface area contributed by atoms with E-state index in [9.17, 15) is 13.2 Å². The van der Waals surface area contributed by atoms with E-state index in [1.54, 1.807) is 19.1 Å². The molecule has 29 heavy (non-hydrogen) atoms. The summed E-state index contributed by atoms with van der Waals surface area (Å²) in [5.74, 6) is 0.372. The first-order valence-electron chi connectivity index (χ1n) is 9.54. The maximum Gasteiger partial charge on any atom is 0.243 e. The van der Waals surface area contributed by atoms with Gasteiger partial charge in [-0.3, -0.25) is 9.10 Å². The van der Waals surface area contributed by atoms with Gasteiger partial charge >= 0.3 is 0 Å². The van der Waals surface area contributed by atoms with E-state index in [-0.39, 0.29) is 12.5 Å². The zero-order valence-electron chi connectivity index (χ0n) is 17.9. The second-order valence-corrected chi connectivity index (χ2v) is 9.40. The SMILES string of the molecule is Cc1cc(C)cc(OCCNC(=O)C(C)N(c2cc(C)cc(C)c2)S(C)(=O)=O)c1. The summed E-state index contributed by atoms with van der Waals surface area (Å²) in [6, 6.07) is 10.5. The molecule has 0 bridgehead atoms. The summed E-state index contributed by atoms with van der Waals surface area (Å²) < 4.78 is 31.7. The van der Waals surface area contributed by atoms with Gasteiger partial charge in [-0.05, 0) is 81.1 Å². The standard InChI is InChI=1S/C22H30N2O4S/c1-15-9-16(2)12-20(11-15)24(29(6,26)27)19(5)22(25)23-7-8-28-21-13-17(3)10-18(4)14-21/h9-14,19H,7-8H2,1-6H3,(H,23,25). The normalized spacial score (nSPS) is 12.3. The first kappa shape index (κ1) is 22.7. The number of sulfonamides is 1. The summed E-state index contributed by atoms with van der Waals surface area (Å²) in [6.07, 6.45) is 1.11. The number of aryl methyl sites for hydroxylation is 4. The molecule has 1 N–H and O–H groups in total. The minimum atomic E-state index is -3.64. The number of carbonyl (C=O) groups is 1. The van der Waals surface area contributed by atoms with E-state index < -0.39 is 16.1 Å². The van der Waals surface area contributed by atoms with Crippen LogP contribution in [0.3, 0.4) is 0 Å². The van der Waals surface area contributed by atoms with Gasteiger partial charge in [-0.2, -0.15) is 0 Å². The van der Waals surface area contributed by atoms with Crippen LogP contribution in [0.2, 0.25) is 0 Å². The van der Waals surface area contributed by atoms with Gasteiger partial charge in [-0.25, -0.2) is 8.42 Å². The van der Waals surface area contributed by atoms with Crippen molar-refractivity contribution in [3.05, 3.63) is 58.7 Å². The Balaban J connectivity index is 2.03. The van der Waals surface area contributed by atoms with Crippen molar-refractivity contribution in [1.82, 2.24) is 5.32 Å². The van der Waals surface area contributed by atoms with E-state index in [0.717, 1.165) is 38.6 Å². The van der Waals surface area contributed by atoms with Gasteiger partial charge in [-0.1, -0.05) is 12.1 Å². The summed E-state index contributed by atoms with van der Waals surface area (Å²) in [5.41, 5.74) is 4.56. The van der Waals surface area contributed by atoms with Crippen LogP contribution in [0, 0.1) is 27.7 Å². The average molecular weight is 419 g/mol. The topological polar surface area (TPSA) is 75.7 Å². The number of ether oxygens (including phenoxy) is 1. The molecule has 0 aliphatic heterocycles. The molecule has 2 aromatic rings. The number of hydrogen-bond acceptors (Lipinski definition) is 4. The number of rotatable bonds is 8. The van der Waals surface area contributed by atoms with E-state index in [4.69, 9.17) is 4.74 Å². The molecule has 0 heterocycles. The van der Waals surface area contributed by atoms with Crippen LogP contribution < -0.4 is 14.4 Å². The lowest BCUT2D eigenvalue weighted by Gasteiger charge is -2.28. The fourth-order valence-electron chi connectivity index (χ4n) is 3.39. The minimum Gasteiger partial charge on any atom is -0.492 e. The minimum absolute atomic E-state index is 0.278. The van der Waals surface area contributed by atoms with Crippen LogP contribution in [0.1, 0.15) is 29.2 Å². The van der Waals surface area contributed by atoms with E-state index in [1.165, 1.54) is 0 Å². The highest BCUT2D eigenvalue weighted by Gasteiger charge is 2.29. The highest BCUT2D eigenvalue weighted by Crippen LogP contribution is 2.24. The molecule has 158 valence electrons. The van der Waals surface area contributed by atoms with Crippen LogP contribution in [0.4, 0.5) is 5.69 Å². The fraction of sp³-hybridized carbons (Fsp3) is 0.409. The van der Waals surface area contributed by atoms with Crippen LogP contribution in [0.15, 0.2) is 36.4 Å². The number of nitrogens with zero attached hydrogens (tertiary/aromatic N) is 1. The number of amides is 1. The number of benzene rings is 2. The third kappa shape index (κ3) is 6.49. The van der Waals surface area contributed by atoms with Crippen LogP contribution in [-0.2, 0) is 14.8 Å². The first-order chi connectivity index (χ1) is 13.5. The molecule has 2 aromatic carbocycles. The number of hydrogen-bond donors (Lipinski definition) is 1. The van der Waals surface area contributed by atoms with Crippen LogP contribution >= 0.6 is 0 Å². The molecule has 0 aliphatic rings. The van der Waals surface area contributed by atoms with Gasteiger partial charge in [0.1, 0.15) is 18.4 Å². The second kappa shape index (κ2) is 9.31. The average Bonchev–Trinajstić information content (AvgIpc) is 2.55. The summed E-state index contributed by atoms with van der Waals surface area (Å²) in [6.45, 7) is 9.94. The van der Waals surface area contributed by atoms with Crippen molar-refractivity contribution in [2.45, 2.75) is 40.7 Å². The lowest BCUT2D eigenvalue weighted by molar-refractivity contribution is -0.121. The Morgan fingerprint density at radius 3 is 1.93 bits per heavy atom. The molecule has 0 spiro atoms. The smallest absolute Gasteiger partial charge is 0.243 e. The van der Waals surface area contributed by atoms with E-state index in [0.29, 0.717) is 12.3 Å². The van der Waals surface area contributed by atoms with Crippen molar-refractivity contribution in [2.24, 2.45) is 0 Å². The monoisotopic (exact) mass is 418 g/mol. The summed E-state index contributed by atoms with van der Waals surface area (Å²) in [4.78, 5) is 12.6. The predicted molar refractivity (Wildman–Crippen MR) is 117 cm³/mol. The van der Waals surface area contributed by atoms with Gasteiger partial charge in [0.2, 0.25) is 15.9 Å². The van der Waals surface area contributed by atoms with Crippen molar-refractivity contribution in [1.29, 1.82) is 0 Å². The van der Waals surface area contributed by atoms with Gasteiger partial charge in [0, 0.05) is 0 Å². The molecule has 1 amide bonds. The fourth-order valence-corrected chi connectivity index (χ4v) is 4.55. The Kier molecular flexibility index (Phi) is 7.30. The molecular formula is C22H30N2O4S. The van der Waals surface area contributed by atoms with Gasteiger partial charge < -0.3 is 10.1 Å². The molecule has 0 saturated heterocycles. The third-order valence-corrected chi connectivity index (χ3v) is 5.66. The number of anilines is 1. The van der Waals surface area contributed by atoms with Crippen molar-refractivity contribution >= 4 is 21.6 Å². The molecule has 0 aromatic heterocycles. The van der Waals surface area contributed by atoms with Crippen molar-refractivity contribution in [2.75, 3.05) is 23.7 Å². The van der Waals surface area contributed by atoms with Gasteiger partial charge in [0.05, 0.1) is 18.5 Å². The van der Waals surface area contributed by atoms with Gasteiger partial charge in [0.25, 0.3) is 0 Å². The van der Waals surface area contributed by atoms with Crippen molar-refractivity contribution < 1.29 is 17.9 Å². The Hall–Kier alpha value is -2.54.